The van der Waals surface area contributed by atoms with Crippen molar-refractivity contribution in [3.63, 3.8) is 0 Å². The highest BCUT2D eigenvalue weighted by molar-refractivity contribution is 7.98. The first-order valence-corrected chi connectivity index (χ1v) is 11.9. The zero-order valence-electron chi connectivity index (χ0n) is 15.7. The van der Waals surface area contributed by atoms with Crippen LogP contribution in [-0.4, -0.2) is 34.0 Å². The third-order valence-electron chi connectivity index (χ3n) is 5.20. The van der Waals surface area contributed by atoms with Crippen molar-refractivity contribution in [1.29, 1.82) is 0 Å². The topological polar surface area (TPSA) is 82.5 Å². The number of aliphatic hydroxyl groups is 2. The van der Waals surface area contributed by atoms with Gasteiger partial charge in [-0.05, 0) is 36.3 Å². The molecule has 0 radical (unpaired) electrons. The predicted octanol–water partition coefficient (Wildman–Crippen LogP) is 4.85. The molecule has 8 heteroatoms. The first-order chi connectivity index (χ1) is 13.5. The normalized spacial score (nSPS) is 16.9. The molecular formula is C20H25ClN2O3S2. The fraction of sp³-hybridized carbons (Fsp3) is 0.500. The van der Waals surface area contributed by atoms with Crippen LogP contribution in [0.4, 0.5) is 5.13 Å². The molecule has 1 heterocycles. The second-order valence-electron chi connectivity index (χ2n) is 7.10. The van der Waals surface area contributed by atoms with E-state index < -0.39 is 12.7 Å². The fourth-order valence-corrected chi connectivity index (χ4v) is 5.29. The molecule has 0 bridgehead atoms. The van der Waals surface area contributed by atoms with Crippen molar-refractivity contribution in [2.75, 3.05) is 18.2 Å². The summed E-state index contributed by atoms with van der Waals surface area (Å²) in [6, 6.07) is 5.85. The lowest BCUT2D eigenvalue weighted by Gasteiger charge is -2.21. The molecule has 1 saturated carbocycles. The van der Waals surface area contributed by atoms with Crippen molar-refractivity contribution in [3.8, 4) is 0 Å². The van der Waals surface area contributed by atoms with Crippen LogP contribution in [0.25, 0.3) is 0 Å². The Labute approximate surface area is 178 Å². The van der Waals surface area contributed by atoms with Crippen LogP contribution in [0.1, 0.15) is 55.4 Å². The Morgan fingerprint density at radius 3 is 2.82 bits per heavy atom. The van der Waals surface area contributed by atoms with E-state index in [1.54, 1.807) is 17.1 Å². The number of amides is 1. The smallest absolute Gasteiger partial charge is 0.233 e. The Morgan fingerprint density at radius 1 is 1.43 bits per heavy atom. The van der Waals surface area contributed by atoms with Gasteiger partial charge in [-0.3, -0.25) is 4.79 Å². The number of hydrogen-bond donors (Lipinski definition) is 3. The van der Waals surface area contributed by atoms with Crippen LogP contribution >= 0.6 is 34.7 Å². The van der Waals surface area contributed by atoms with Crippen LogP contribution in [0.15, 0.2) is 28.5 Å². The van der Waals surface area contributed by atoms with Gasteiger partial charge >= 0.3 is 0 Å². The summed E-state index contributed by atoms with van der Waals surface area (Å²) in [5, 5.41) is 24.4. The number of thioether (sulfide) groups is 1. The molecule has 1 aromatic carbocycles. The number of rotatable bonds is 8. The zero-order chi connectivity index (χ0) is 20.1. The number of aliphatic hydroxyl groups excluding tert-OH is 2. The molecule has 2 unspecified atom stereocenters. The average Bonchev–Trinajstić information content (AvgIpc) is 3.37. The first-order valence-electron chi connectivity index (χ1n) is 9.40. The minimum absolute atomic E-state index is 0.112. The lowest BCUT2D eigenvalue weighted by molar-refractivity contribution is -0.118. The van der Waals surface area contributed by atoms with Gasteiger partial charge in [0, 0.05) is 10.3 Å². The molecule has 28 heavy (non-hydrogen) atoms. The number of carbonyl (C=O) groups is 1. The van der Waals surface area contributed by atoms with Crippen molar-refractivity contribution < 1.29 is 15.0 Å². The molecule has 2 aromatic rings. The van der Waals surface area contributed by atoms with Crippen LogP contribution in [0, 0.1) is 5.92 Å². The number of nitrogens with one attached hydrogen (secondary N) is 1. The third kappa shape index (κ3) is 5.27. The van der Waals surface area contributed by atoms with Gasteiger partial charge in [0.1, 0.15) is 6.10 Å². The maximum absolute atomic E-state index is 13.1. The number of nitrogens with zero attached hydrogens (tertiary/aromatic N) is 1. The molecule has 1 amide bonds. The van der Waals surface area contributed by atoms with Gasteiger partial charge < -0.3 is 15.5 Å². The molecule has 3 rings (SSSR count). The summed E-state index contributed by atoms with van der Waals surface area (Å²) < 4.78 is 0. The summed E-state index contributed by atoms with van der Waals surface area (Å²) in [6.07, 6.45) is 6.49. The second-order valence-corrected chi connectivity index (χ2v) is 9.21. The van der Waals surface area contributed by atoms with Gasteiger partial charge in [0.2, 0.25) is 5.91 Å². The summed E-state index contributed by atoms with van der Waals surface area (Å²) in [4.78, 5) is 18.3. The zero-order valence-corrected chi connectivity index (χ0v) is 18.1. The maximum atomic E-state index is 13.1. The SMILES string of the molecule is CSc1ccc(C(CC2CCCC2)C(=O)Nc2nc(C(O)CO)cs2)cc1Cl. The summed E-state index contributed by atoms with van der Waals surface area (Å²) in [6.45, 7) is -0.401. The van der Waals surface area contributed by atoms with Gasteiger partial charge in [0.15, 0.2) is 5.13 Å². The van der Waals surface area contributed by atoms with Crippen molar-refractivity contribution in [2.24, 2.45) is 5.92 Å². The molecule has 1 aliphatic rings. The highest BCUT2D eigenvalue weighted by Gasteiger charge is 2.28. The predicted molar refractivity (Wildman–Crippen MR) is 115 cm³/mol. The molecule has 1 fully saturated rings. The summed E-state index contributed by atoms with van der Waals surface area (Å²) in [5.74, 6) is 0.128. The summed E-state index contributed by atoms with van der Waals surface area (Å²) in [7, 11) is 0. The summed E-state index contributed by atoms with van der Waals surface area (Å²) >= 11 is 9.22. The molecule has 5 nitrogen and oxygen atoms in total. The largest absolute Gasteiger partial charge is 0.393 e. The van der Waals surface area contributed by atoms with Crippen molar-refractivity contribution in [1.82, 2.24) is 4.98 Å². The number of anilines is 1. The Balaban J connectivity index is 1.80. The highest BCUT2D eigenvalue weighted by Crippen LogP contribution is 2.37. The Hall–Kier alpha value is -1.12. The molecule has 3 N–H and O–H groups in total. The number of thiazole rings is 1. The molecule has 0 aliphatic heterocycles. The van der Waals surface area contributed by atoms with E-state index in [1.165, 1.54) is 24.2 Å². The van der Waals surface area contributed by atoms with Gasteiger partial charge in [-0.2, -0.15) is 0 Å². The lowest BCUT2D eigenvalue weighted by atomic mass is 9.87. The van der Waals surface area contributed by atoms with Crippen LogP contribution in [0.3, 0.4) is 0 Å². The molecule has 1 aliphatic carbocycles. The van der Waals surface area contributed by atoms with Crippen molar-refractivity contribution in [3.05, 3.63) is 39.9 Å². The van der Waals surface area contributed by atoms with E-state index >= 15 is 0 Å². The van der Waals surface area contributed by atoms with Gasteiger partial charge in [0.05, 0.1) is 23.2 Å². The first kappa shape index (κ1) is 21.6. The van der Waals surface area contributed by atoms with E-state index in [2.05, 4.69) is 10.3 Å². The third-order valence-corrected chi connectivity index (χ3v) is 7.20. The van der Waals surface area contributed by atoms with Gasteiger partial charge in [-0.15, -0.1) is 23.1 Å². The molecular weight excluding hydrogens is 416 g/mol. The molecule has 0 saturated heterocycles. The van der Waals surface area contributed by atoms with E-state index in [0.717, 1.165) is 29.7 Å². The van der Waals surface area contributed by atoms with Crippen LogP contribution in [0.5, 0.6) is 0 Å². The number of aromatic nitrogens is 1. The number of carbonyl (C=O) groups excluding carboxylic acids is 1. The van der Waals surface area contributed by atoms with E-state index in [0.29, 0.717) is 21.8 Å². The average molecular weight is 441 g/mol. The molecule has 152 valence electrons. The van der Waals surface area contributed by atoms with Crippen molar-refractivity contribution in [2.45, 2.75) is 49.0 Å². The van der Waals surface area contributed by atoms with E-state index in [9.17, 15) is 9.90 Å². The minimum atomic E-state index is -1.03. The number of benzene rings is 1. The monoisotopic (exact) mass is 440 g/mol. The van der Waals surface area contributed by atoms with E-state index in [4.69, 9.17) is 16.7 Å². The molecule has 2 atom stereocenters. The van der Waals surface area contributed by atoms with Gasteiger partial charge in [0.25, 0.3) is 0 Å². The second kappa shape index (κ2) is 10.1. The van der Waals surface area contributed by atoms with E-state index in [1.807, 2.05) is 24.5 Å². The van der Waals surface area contributed by atoms with Crippen LogP contribution in [0.2, 0.25) is 5.02 Å². The van der Waals surface area contributed by atoms with E-state index in [-0.39, 0.29) is 11.8 Å². The molecule has 1 aromatic heterocycles. The summed E-state index contributed by atoms with van der Waals surface area (Å²) in [5.41, 5.74) is 1.28. The number of hydrogen-bond acceptors (Lipinski definition) is 6. The van der Waals surface area contributed by atoms with Crippen molar-refractivity contribution >= 4 is 45.7 Å². The van der Waals surface area contributed by atoms with Crippen LogP contribution < -0.4 is 5.32 Å². The lowest BCUT2D eigenvalue weighted by Crippen LogP contribution is -2.23. The Bertz CT molecular complexity index is 808. The van der Waals surface area contributed by atoms with Gasteiger partial charge in [-0.25, -0.2) is 4.98 Å². The van der Waals surface area contributed by atoms with Gasteiger partial charge in [-0.1, -0.05) is 43.4 Å². The van der Waals surface area contributed by atoms with Crippen LogP contribution in [-0.2, 0) is 4.79 Å². The number of halogens is 1. The maximum Gasteiger partial charge on any atom is 0.233 e. The fourth-order valence-electron chi connectivity index (χ4n) is 3.66. The Morgan fingerprint density at radius 2 is 2.18 bits per heavy atom. The Kier molecular flexibility index (Phi) is 7.77. The minimum Gasteiger partial charge on any atom is -0.393 e. The highest BCUT2D eigenvalue weighted by atomic mass is 35.5. The molecule has 0 spiro atoms. The quantitative estimate of drug-likeness (QED) is 0.511. The standard InChI is InChI=1S/C20H25ClN2O3S2/c1-27-18-7-6-13(9-15(18)21)14(8-12-4-2-3-5-12)19(26)23-20-22-16(11-28-20)17(25)10-24/h6-7,9,11-12,14,17,24-25H,2-5,8,10H2,1H3,(H,22,23,26).